The Morgan fingerprint density at radius 2 is 1.91 bits per heavy atom. The van der Waals surface area contributed by atoms with Crippen molar-refractivity contribution in [2.24, 2.45) is 5.92 Å². The van der Waals surface area contributed by atoms with Crippen molar-refractivity contribution in [2.75, 3.05) is 18.4 Å². The summed E-state index contributed by atoms with van der Waals surface area (Å²) in [5.41, 5.74) is 0.526. The van der Waals surface area contributed by atoms with Crippen molar-refractivity contribution in [1.82, 2.24) is 4.90 Å². The SMILES string of the molecule is O=C(C1CCCC1O)N1CCC(Nc2ccccc2F)CC1. The zero-order valence-electron chi connectivity index (χ0n) is 12.7. The number of aliphatic hydroxyl groups is 1. The molecule has 22 heavy (non-hydrogen) atoms. The Kier molecular flexibility index (Phi) is 4.62. The predicted molar refractivity (Wildman–Crippen MR) is 83.0 cm³/mol. The van der Waals surface area contributed by atoms with E-state index in [2.05, 4.69) is 5.32 Å². The first-order valence-corrected chi connectivity index (χ1v) is 8.13. The van der Waals surface area contributed by atoms with E-state index in [1.165, 1.54) is 6.07 Å². The largest absolute Gasteiger partial charge is 0.392 e. The molecule has 0 bridgehead atoms. The highest BCUT2D eigenvalue weighted by Crippen LogP contribution is 2.28. The van der Waals surface area contributed by atoms with Crippen LogP contribution in [0.1, 0.15) is 32.1 Å². The number of hydrogen-bond acceptors (Lipinski definition) is 3. The molecule has 2 aliphatic rings. The van der Waals surface area contributed by atoms with E-state index in [9.17, 15) is 14.3 Å². The van der Waals surface area contributed by atoms with E-state index in [1.807, 2.05) is 11.0 Å². The first-order chi connectivity index (χ1) is 10.6. The van der Waals surface area contributed by atoms with E-state index >= 15 is 0 Å². The summed E-state index contributed by atoms with van der Waals surface area (Å²) in [6.07, 6.45) is 3.62. The molecule has 1 aromatic carbocycles. The van der Waals surface area contributed by atoms with Crippen molar-refractivity contribution in [3.05, 3.63) is 30.1 Å². The lowest BCUT2D eigenvalue weighted by atomic mass is 9.99. The molecule has 1 heterocycles. The van der Waals surface area contributed by atoms with Crippen molar-refractivity contribution in [2.45, 2.75) is 44.2 Å². The van der Waals surface area contributed by atoms with Crippen LogP contribution in [0.3, 0.4) is 0 Å². The molecule has 2 N–H and O–H groups in total. The Balaban J connectivity index is 1.52. The van der Waals surface area contributed by atoms with Crippen LogP contribution in [0.5, 0.6) is 0 Å². The minimum atomic E-state index is -0.471. The average molecular weight is 306 g/mol. The highest BCUT2D eigenvalue weighted by atomic mass is 19.1. The number of rotatable bonds is 3. The molecular formula is C17H23FN2O2. The molecule has 5 heteroatoms. The minimum Gasteiger partial charge on any atom is -0.392 e. The van der Waals surface area contributed by atoms with Crippen LogP contribution in [-0.2, 0) is 4.79 Å². The molecule has 0 radical (unpaired) electrons. The Bertz CT molecular complexity index is 529. The number of carbonyl (C=O) groups is 1. The Morgan fingerprint density at radius 1 is 1.18 bits per heavy atom. The second-order valence-corrected chi connectivity index (χ2v) is 6.33. The molecule has 2 fully saturated rings. The summed E-state index contributed by atoms with van der Waals surface area (Å²) in [7, 11) is 0. The third-order valence-corrected chi connectivity index (χ3v) is 4.84. The van der Waals surface area contributed by atoms with Crippen LogP contribution in [0, 0.1) is 11.7 Å². The van der Waals surface area contributed by atoms with Gasteiger partial charge in [0, 0.05) is 19.1 Å². The number of piperidine rings is 1. The monoisotopic (exact) mass is 306 g/mol. The third kappa shape index (κ3) is 3.24. The van der Waals surface area contributed by atoms with Crippen molar-refractivity contribution in [3.8, 4) is 0 Å². The molecule has 3 rings (SSSR count). The van der Waals surface area contributed by atoms with Crippen LogP contribution >= 0.6 is 0 Å². The highest BCUT2D eigenvalue weighted by molar-refractivity contribution is 5.79. The van der Waals surface area contributed by atoms with Gasteiger partial charge in [-0.1, -0.05) is 12.1 Å². The van der Waals surface area contributed by atoms with E-state index < -0.39 is 6.10 Å². The standard InChI is InChI=1S/C17H23FN2O2/c18-14-5-1-2-6-15(14)19-12-8-10-20(11-9-12)17(22)13-4-3-7-16(13)21/h1-2,5-6,12-13,16,19,21H,3-4,7-11H2. The number of halogens is 1. The Labute approximate surface area is 130 Å². The van der Waals surface area contributed by atoms with Crippen LogP contribution < -0.4 is 5.32 Å². The van der Waals surface area contributed by atoms with Crippen LogP contribution in [0.2, 0.25) is 0 Å². The number of hydrogen-bond donors (Lipinski definition) is 2. The molecule has 2 atom stereocenters. The van der Waals surface area contributed by atoms with Crippen LogP contribution in [0.4, 0.5) is 10.1 Å². The molecule has 2 unspecified atom stereocenters. The summed E-state index contributed by atoms with van der Waals surface area (Å²) in [5, 5.41) is 13.1. The molecule has 4 nitrogen and oxygen atoms in total. The number of nitrogens with zero attached hydrogens (tertiary/aromatic N) is 1. The number of aliphatic hydroxyl groups excluding tert-OH is 1. The van der Waals surface area contributed by atoms with E-state index in [1.54, 1.807) is 12.1 Å². The summed E-state index contributed by atoms with van der Waals surface area (Å²) >= 11 is 0. The van der Waals surface area contributed by atoms with Gasteiger partial charge in [0.2, 0.25) is 5.91 Å². The summed E-state index contributed by atoms with van der Waals surface area (Å²) in [6, 6.07) is 6.86. The summed E-state index contributed by atoms with van der Waals surface area (Å²) in [5.74, 6) is -0.361. The van der Waals surface area contributed by atoms with E-state index in [4.69, 9.17) is 0 Å². The molecule has 1 saturated heterocycles. The smallest absolute Gasteiger partial charge is 0.228 e. The fraction of sp³-hybridized carbons (Fsp3) is 0.588. The van der Waals surface area contributed by atoms with Gasteiger partial charge in [0.1, 0.15) is 5.82 Å². The summed E-state index contributed by atoms with van der Waals surface area (Å²) in [4.78, 5) is 14.3. The normalized spacial score (nSPS) is 26.2. The van der Waals surface area contributed by atoms with Gasteiger partial charge in [-0.05, 0) is 44.2 Å². The average Bonchev–Trinajstić information content (AvgIpc) is 2.96. The van der Waals surface area contributed by atoms with Gasteiger partial charge in [-0.25, -0.2) is 4.39 Å². The van der Waals surface area contributed by atoms with Gasteiger partial charge in [-0.15, -0.1) is 0 Å². The maximum absolute atomic E-state index is 13.6. The Morgan fingerprint density at radius 3 is 2.55 bits per heavy atom. The first kappa shape index (κ1) is 15.3. The fourth-order valence-corrected chi connectivity index (χ4v) is 3.51. The lowest BCUT2D eigenvalue weighted by Crippen LogP contribution is -2.46. The number of para-hydroxylation sites is 1. The molecule has 1 aromatic rings. The van der Waals surface area contributed by atoms with E-state index in [0.29, 0.717) is 18.8 Å². The summed E-state index contributed by atoms with van der Waals surface area (Å²) < 4.78 is 13.6. The molecule has 120 valence electrons. The van der Waals surface area contributed by atoms with Crippen LogP contribution in [-0.4, -0.2) is 41.1 Å². The topological polar surface area (TPSA) is 52.6 Å². The molecule has 1 aliphatic carbocycles. The number of anilines is 1. The molecule has 1 aliphatic heterocycles. The fourth-order valence-electron chi connectivity index (χ4n) is 3.51. The van der Waals surface area contributed by atoms with Crippen LogP contribution in [0.25, 0.3) is 0 Å². The highest BCUT2D eigenvalue weighted by Gasteiger charge is 2.35. The number of nitrogens with one attached hydrogen (secondary N) is 1. The quantitative estimate of drug-likeness (QED) is 0.901. The van der Waals surface area contributed by atoms with Crippen molar-refractivity contribution < 1.29 is 14.3 Å². The van der Waals surface area contributed by atoms with E-state index in [0.717, 1.165) is 32.1 Å². The second-order valence-electron chi connectivity index (χ2n) is 6.33. The lowest BCUT2D eigenvalue weighted by Gasteiger charge is -2.34. The lowest BCUT2D eigenvalue weighted by molar-refractivity contribution is -0.139. The zero-order chi connectivity index (χ0) is 15.5. The van der Waals surface area contributed by atoms with Gasteiger partial charge in [-0.2, -0.15) is 0 Å². The number of carbonyl (C=O) groups excluding carboxylic acids is 1. The second kappa shape index (κ2) is 6.65. The maximum atomic E-state index is 13.6. The van der Waals surface area contributed by atoms with Gasteiger partial charge >= 0.3 is 0 Å². The number of benzene rings is 1. The number of amides is 1. The molecule has 1 saturated carbocycles. The van der Waals surface area contributed by atoms with Gasteiger partial charge in [0.25, 0.3) is 0 Å². The minimum absolute atomic E-state index is 0.0920. The van der Waals surface area contributed by atoms with Crippen LogP contribution in [0.15, 0.2) is 24.3 Å². The molecular weight excluding hydrogens is 283 g/mol. The van der Waals surface area contributed by atoms with E-state index in [-0.39, 0.29) is 23.7 Å². The molecule has 0 aromatic heterocycles. The van der Waals surface area contributed by atoms with Gasteiger partial charge in [0.15, 0.2) is 0 Å². The first-order valence-electron chi connectivity index (χ1n) is 8.13. The maximum Gasteiger partial charge on any atom is 0.228 e. The molecule has 1 amide bonds. The van der Waals surface area contributed by atoms with Crippen molar-refractivity contribution in [3.63, 3.8) is 0 Å². The third-order valence-electron chi connectivity index (χ3n) is 4.84. The predicted octanol–water partition coefficient (Wildman–Crippen LogP) is 2.39. The van der Waals surface area contributed by atoms with Crippen molar-refractivity contribution in [1.29, 1.82) is 0 Å². The van der Waals surface area contributed by atoms with Gasteiger partial charge < -0.3 is 15.3 Å². The zero-order valence-corrected chi connectivity index (χ0v) is 12.7. The van der Waals surface area contributed by atoms with Gasteiger partial charge in [-0.3, -0.25) is 4.79 Å². The van der Waals surface area contributed by atoms with Gasteiger partial charge in [0.05, 0.1) is 17.7 Å². The van der Waals surface area contributed by atoms with Crippen molar-refractivity contribution >= 4 is 11.6 Å². The number of likely N-dealkylation sites (tertiary alicyclic amines) is 1. The molecule has 0 spiro atoms. The Hall–Kier alpha value is -1.62. The summed E-state index contributed by atoms with van der Waals surface area (Å²) in [6.45, 7) is 1.35.